The summed E-state index contributed by atoms with van der Waals surface area (Å²) in [5.74, 6) is 0.933. The smallest absolute Gasteiger partial charge is 0.273 e. The fraction of sp³-hybridized carbons (Fsp3) is 0.400. The highest BCUT2D eigenvalue weighted by atomic mass is 32.2. The van der Waals surface area contributed by atoms with Gasteiger partial charge in [-0.05, 0) is 19.2 Å². The molecule has 0 spiro atoms. The van der Waals surface area contributed by atoms with E-state index in [4.69, 9.17) is 5.73 Å². The lowest BCUT2D eigenvalue weighted by atomic mass is 10.2. The van der Waals surface area contributed by atoms with Crippen LogP contribution in [0.4, 0.5) is 17.1 Å². The van der Waals surface area contributed by atoms with Crippen LogP contribution in [-0.2, 0) is 0 Å². The topological polar surface area (TPSA) is 81.2 Å². The summed E-state index contributed by atoms with van der Waals surface area (Å²) in [4.78, 5) is 10.2. The molecular weight excluding hydrogens is 226 g/mol. The van der Waals surface area contributed by atoms with Crippen molar-refractivity contribution in [2.24, 2.45) is 0 Å². The first-order valence-corrected chi connectivity index (χ1v) is 6.22. The Bertz CT molecular complexity index is 384. The normalized spacial score (nSPS) is 12.1. The lowest BCUT2D eigenvalue weighted by Gasteiger charge is -2.14. The van der Waals surface area contributed by atoms with E-state index in [0.717, 1.165) is 5.75 Å². The monoisotopic (exact) mass is 241 g/mol. The van der Waals surface area contributed by atoms with E-state index in [1.165, 1.54) is 12.1 Å². The number of non-ortho nitro benzene ring substituents is 1. The van der Waals surface area contributed by atoms with Gasteiger partial charge in [-0.3, -0.25) is 10.1 Å². The summed E-state index contributed by atoms with van der Waals surface area (Å²) in [5, 5.41) is 13.8. The zero-order valence-electron chi connectivity index (χ0n) is 9.27. The van der Waals surface area contributed by atoms with E-state index in [1.54, 1.807) is 17.8 Å². The first-order valence-electron chi connectivity index (χ1n) is 4.83. The van der Waals surface area contributed by atoms with Gasteiger partial charge in [0.05, 0.1) is 4.92 Å². The van der Waals surface area contributed by atoms with Crippen LogP contribution in [0.15, 0.2) is 18.2 Å². The summed E-state index contributed by atoms with van der Waals surface area (Å²) in [6.45, 7) is 2.02. The van der Waals surface area contributed by atoms with E-state index in [0.29, 0.717) is 11.4 Å². The number of nitro benzene ring substituents is 1. The van der Waals surface area contributed by atoms with Gasteiger partial charge in [0, 0.05) is 35.3 Å². The predicted octanol–water partition coefficient (Wildman–Crippen LogP) is 2.34. The van der Waals surface area contributed by atoms with Crippen molar-refractivity contribution in [1.82, 2.24) is 0 Å². The van der Waals surface area contributed by atoms with Crippen molar-refractivity contribution >= 4 is 28.8 Å². The number of hydrogen-bond acceptors (Lipinski definition) is 5. The van der Waals surface area contributed by atoms with Crippen molar-refractivity contribution in [3.8, 4) is 0 Å². The van der Waals surface area contributed by atoms with Crippen molar-refractivity contribution in [2.75, 3.05) is 23.1 Å². The van der Waals surface area contributed by atoms with Crippen molar-refractivity contribution < 1.29 is 4.92 Å². The minimum Gasteiger partial charge on any atom is -0.398 e. The fourth-order valence-corrected chi connectivity index (χ4v) is 1.98. The van der Waals surface area contributed by atoms with E-state index in [9.17, 15) is 10.1 Å². The molecule has 0 bridgehead atoms. The summed E-state index contributed by atoms with van der Waals surface area (Å²) in [5.41, 5.74) is 6.69. The van der Waals surface area contributed by atoms with Crippen LogP contribution in [0.1, 0.15) is 6.92 Å². The number of thioether (sulfide) groups is 1. The number of nitrogens with two attached hydrogens (primary N) is 1. The van der Waals surface area contributed by atoms with Gasteiger partial charge in [-0.15, -0.1) is 0 Å². The number of anilines is 2. The van der Waals surface area contributed by atoms with Crippen molar-refractivity contribution in [2.45, 2.75) is 13.0 Å². The molecule has 0 saturated carbocycles. The van der Waals surface area contributed by atoms with Crippen LogP contribution in [-0.4, -0.2) is 23.0 Å². The SMILES string of the molecule is CSCC(C)Nc1cc(N)cc([N+](=O)[O-])c1. The van der Waals surface area contributed by atoms with Gasteiger partial charge in [0.1, 0.15) is 0 Å². The van der Waals surface area contributed by atoms with E-state index in [-0.39, 0.29) is 11.7 Å². The van der Waals surface area contributed by atoms with Gasteiger partial charge in [-0.2, -0.15) is 11.8 Å². The molecule has 5 nitrogen and oxygen atoms in total. The quantitative estimate of drug-likeness (QED) is 0.470. The maximum Gasteiger partial charge on any atom is 0.273 e. The predicted molar refractivity (Wildman–Crippen MR) is 69.0 cm³/mol. The van der Waals surface area contributed by atoms with Crippen LogP contribution < -0.4 is 11.1 Å². The van der Waals surface area contributed by atoms with Crippen LogP contribution in [0.3, 0.4) is 0 Å². The molecule has 1 atom stereocenters. The van der Waals surface area contributed by atoms with Gasteiger partial charge in [0.2, 0.25) is 0 Å². The summed E-state index contributed by atoms with van der Waals surface area (Å²) >= 11 is 1.72. The second kappa shape index (κ2) is 5.60. The fourth-order valence-electron chi connectivity index (χ4n) is 1.40. The Balaban J connectivity index is 2.84. The van der Waals surface area contributed by atoms with Gasteiger partial charge in [0.25, 0.3) is 5.69 Å². The summed E-state index contributed by atoms with van der Waals surface area (Å²) < 4.78 is 0. The molecule has 0 radical (unpaired) electrons. The molecule has 88 valence electrons. The van der Waals surface area contributed by atoms with Crippen LogP contribution in [0.2, 0.25) is 0 Å². The molecule has 1 aromatic rings. The standard InChI is InChI=1S/C10H15N3O2S/c1-7(6-16-2)12-9-3-8(11)4-10(5-9)13(14)15/h3-5,7,12H,6,11H2,1-2H3. The Morgan fingerprint density at radius 1 is 1.56 bits per heavy atom. The zero-order chi connectivity index (χ0) is 12.1. The maximum absolute atomic E-state index is 10.6. The highest BCUT2D eigenvalue weighted by molar-refractivity contribution is 7.98. The molecule has 0 fully saturated rings. The molecule has 0 aliphatic rings. The second-order valence-corrected chi connectivity index (χ2v) is 4.48. The molecule has 0 aliphatic heterocycles. The Morgan fingerprint density at radius 2 is 2.25 bits per heavy atom. The molecule has 1 unspecified atom stereocenters. The van der Waals surface area contributed by atoms with E-state index < -0.39 is 4.92 Å². The number of nitrogens with one attached hydrogen (secondary N) is 1. The Labute approximate surface area is 98.6 Å². The molecule has 1 aromatic carbocycles. The number of nitrogens with zero attached hydrogens (tertiary/aromatic N) is 1. The van der Waals surface area contributed by atoms with E-state index >= 15 is 0 Å². The molecule has 1 rings (SSSR count). The van der Waals surface area contributed by atoms with Crippen molar-refractivity contribution in [3.63, 3.8) is 0 Å². The number of benzene rings is 1. The summed E-state index contributed by atoms with van der Waals surface area (Å²) in [6.07, 6.45) is 2.01. The number of nitro groups is 1. The molecule has 0 aromatic heterocycles. The highest BCUT2D eigenvalue weighted by Crippen LogP contribution is 2.23. The first kappa shape index (κ1) is 12.6. The lowest BCUT2D eigenvalue weighted by molar-refractivity contribution is -0.384. The number of hydrogen-bond donors (Lipinski definition) is 2. The van der Waals surface area contributed by atoms with E-state index in [2.05, 4.69) is 5.32 Å². The second-order valence-electron chi connectivity index (χ2n) is 3.57. The summed E-state index contributed by atoms with van der Waals surface area (Å²) in [7, 11) is 0. The first-order chi connectivity index (χ1) is 7.52. The molecule has 3 N–H and O–H groups in total. The highest BCUT2D eigenvalue weighted by Gasteiger charge is 2.09. The molecule has 0 saturated heterocycles. The van der Waals surface area contributed by atoms with Crippen LogP contribution in [0.5, 0.6) is 0 Å². The Kier molecular flexibility index (Phi) is 4.42. The number of rotatable bonds is 5. The molecule has 16 heavy (non-hydrogen) atoms. The lowest BCUT2D eigenvalue weighted by Crippen LogP contribution is -2.17. The van der Waals surface area contributed by atoms with Gasteiger partial charge in [0.15, 0.2) is 0 Å². The number of nitrogen functional groups attached to an aromatic ring is 1. The van der Waals surface area contributed by atoms with Crippen molar-refractivity contribution in [1.29, 1.82) is 0 Å². The van der Waals surface area contributed by atoms with Crippen molar-refractivity contribution in [3.05, 3.63) is 28.3 Å². The van der Waals surface area contributed by atoms with Crippen LogP contribution >= 0.6 is 11.8 Å². The third-order valence-corrected chi connectivity index (χ3v) is 2.81. The zero-order valence-corrected chi connectivity index (χ0v) is 10.1. The summed E-state index contributed by atoms with van der Waals surface area (Å²) in [6, 6.07) is 4.79. The van der Waals surface area contributed by atoms with Gasteiger partial charge in [-0.25, -0.2) is 0 Å². The average Bonchev–Trinajstić information content (AvgIpc) is 2.16. The molecular formula is C10H15N3O2S. The minimum atomic E-state index is -0.444. The molecule has 0 aliphatic carbocycles. The van der Waals surface area contributed by atoms with Crippen LogP contribution in [0.25, 0.3) is 0 Å². The Morgan fingerprint density at radius 3 is 2.81 bits per heavy atom. The van der Waals surface area contributed by atoms with Gasteiger partial charge < -0.3 is 11.1 Å². The average molecular weight is 241 g/mol. The van der Waals surface area contributed by atoms with E-state index in [1.807, 2.05) is 13.2 Å². The molecule has 6 heteroatoms. The minimum absolute atomic E-state index is 0.0128. The van der Waals surface area contributed by atoms with Gasteiger partial charge in [-0.1, -0.05) is 0 Å². The maximum atomic E-state index is 10.6. The third kappa shape index (κ3) is 3.62. The van der Waals surface area contributed by atoms with Gasteiger partial charge >= 0.3 is 0 Å². The largest absolute Gasteiger partial charge is 0.398 e. The van der Waals surface area contributed by atoms with Crippen LogP contribution in [0, 0.1) is 10.1 Å². The molecule has 0 amide bonds. The third-order valence-electron chi connectivity index (χ3n) is 1.98. The molecule has 0 heterocycles. The Hall–Kier alpha value is -1.43.